The second kappa shape index (κ2) is 5.61. The van der Waals surface area contributed by atoms with E-state index in [4.69, 9.17) is 10.8 Å². The fraction of sp³-hybridized carbons (Fsp3) is 0.462. The molecule has 0 aliphatic heterocycles. The van der Waals surface area contributed by atoms with Gasteiger partial charge in [0.25, 0.3) is 0 Å². The van der Waals surface area contributed by atoms with Crippen LogP contribution < -0.4 is 5.73 Å². The molecule has 1 aromatic rings. The first-order valence-corrected chi connectivity index (χ1v) is 6.95. The Morgan fingerprint density at radius 2 is 2.00 bits per heavy atom. The topological polar surface area (TPSA) is 63.3 Å². The molecule has 98 valence electrons. The van der Waals surface area contributed by atoms with Gasteiger partial charge in [0.05, 0.1) is 5.56 Å². The highest BCUT2D eigenvalue weighted by Crippen LogP contribution is 2.36. The number of carboxylic acids is 1. The van der Waals surface area contributed by atoms with Gasteiger partial charge < -0.3 is 10.8 Å². The van der Waals surface area contributed by atoms with Crippen LogP contribution in [-0.2, 0) is 0 Å². The number of thioether (sulfide) groups is 1. The minimum Gasteiger partial charge on any atom is -0.478 e. The van der Waals surface area contributed by atoms with Crippen LogP contribution in [0.3, 0.4) is 0 Å². The third kappa shape index (κ3) is 2.96. The summed E-state index contributed by atoms with van der Waals surface area (Å²) in [6.45, 7) is 0. The molecule has 3 nitrogen and oxygen atoms in total. The van der Waals surface area contributed by atoms with E-state index < -0.39 is 11.8 Å². The normalized spacial score (nSPS) is 16.7. The Labute approximate surface area is 110 Å². The third-order valence-electron chi connectivity index (χ3n) is 3.18. The molecule has 1 aromatic carbocycles. The highest BCUT2D eigenvalue weighted by molar-refractivity contribution is 8.00. The number of nitrogens with two attached hydrogens (primary N) is 1. The van der Waals surface area contributed by atoms with Crippen LogP contribution in [0.15, 0.2) is 17.0 Å². The van der Waals surface area contributed by atoms with Gasteiger partial charge in [0.2, 0.25) is 0 Å². The van der Waals surface area contributed by atoms with Crippen LogP contribution in [0.2, 0.25) is 0 Å². The molecule has 5 heteroatoms. The minimum atomic E-state index is -1.11. The molecule has 18 heavy (non-hydrogen) atoms. The van der Waals surface area contributed by atoms with Gasteiger partial charge in [-0.1, -0.05) is 19.3 Å². The van der Waals surface area contributed by atoms with Crippen molar-refractivity contribution >= 4 is 23.4 Å². The lowest BCUT2D eigenvalue weighted by atomic mass is 10.0. The zero-order valence-corrected chi connectivity index (χ0v) is 10.8. The maximum absolute atomic E-state index is 13.8. The standard InChI is InChI=1S/C13H16FNO2S/c14-10-7-11(15)9(13(16)17)6-12(10)18-8-4-2-1-3-5-8/h6-8H,1-5,15H2,(H,16,17). The van der Waals surface area contributed by atoms with Crippen molar-refractivity contribution in [3.8, 4) is 0 Å². The van der Waals surface area contributed by atoms with Gasteiger partial charge in [-0.05, 0) is 25.0 Å². The zero-order chi connectivity index (χ0) is 13.1. The maximum Gasteiger partial charge on any atom is 0.337 e. The number of anilines is 1. The number of carboxylic acid groups (broad SMARTS) is 1. The molecule has 1 saturated carbocycles. The van der Waals surface area contributed by atoms with E-state index in [9.17, 15) is 9.18 Å². The predicted octanol–water partition coefficient (Wildman–Crippen LogP) is 3.53. The summed E-state index contributed by atoms with van der Waals surface area (Å²) in [5.74, 6) is -1.54. The molecule has 0 radical (unpaired) electrons. The number of benzene rings is 1. The van der Waals surface area contributed by atoms with Crippen LogP contribution >= 0.6 is 11.8 Å². The number of hydrogen-bond acceptors (Lipinski definition) is 3. The number of rotatable bonds is 3. The highest BCUT2D eigenvalue weighted by Gasteiger charge is 2.19. The lowest BCUT2D eigenvalue weighted by molar-refractivity contribution is 0.0697. The molecule has 0 bridgehead atoms. The van der Waals surface area contributed by atoms with Gasteiger partial charge in [0.1, 0.15) is 5.82 Å². The molecule has 1 aliphatic carbocycles. The maximum atomic E-state index is 13.8. The quantitative estimate of drug-likeness (QED) is 0.824. The Morgan fingerprint density at radius 1 is 1.33 bits per heavy atom. The van der Waals surface area contributed by atoms with Crippen LogP contribution in [0.25, 0.3) is 0 Å². The number of aromatic carboxylic acids is 1. The number of hydrogen-bond donors (Lipinski definition) is 2. The lowest BCUT2D eigenvalue weighted by Crippen LogP contribution is -2.09. The van der Waals surface area contributed by atoms with E-state index in [0.717, 1.165) is 18.9 Å². The molecule has 0 heterocycles. The van der Waals surface area contributed by atoms with Crippen molar-refractivity contribution in [1.29, 1.82) is 0 Å². The van der Waals surface area contributed by atoms with Crippen LogP contribution in [0.5, 0.6) is 0 Å². The Kier molecular flexibility index (Phi) is 4.11. The summed E-state index contributed by atoms with van der Waals surface area (Å²) >= 11 is 1.44. The van der Waals surface area contributed by atoms with Crippen LogP contribution in [0.1, 0.15) is 42.5 Å². The summed E-state index contributed by atoms with van der Waals surface area (Å²) in [4.78, 5) is 11.4. The SMILES string of the molecule is Nc1cc(F)c(SC2CCCCC2)cc1C(=O)O. The number of nitrogen functional groups attached to an aromatic ring is 1. The summed E-state index contributed by atoms with van der Waals surface area (Å²) in [7, 11) is 0. The van der Waals surface area contributed by atoms with Gasteiger partial charge in [0.15, 0.2) is 0 Å². The Hall–Kier alpha value is -1.23. The van der Waals surface area contributed by atoms with Crippen LogP contribution in [-0.4, -0.2) is 16.3 Å². The van der Waals surface area contributed by atoms with Crippen molar-refractivity contribution in [1.82, 2.24) is 0 Å². The van der Waals surface area contributed by atoms with E-state index in [1.807, 2.05) is 0 Å². The first-order chi connectivity index (χ1) is 8.58. The molecule has 1 aliphatic rings. The molecular formula is C13H16FNO2S. The summed E-state index contributed by atoms with van der Waals surface area (Å²) in [5.41, 5.74) is 5.46. The van der Waals surface area contributed by atoms with E-state index in [-0.39, 0.29) is 11.3 Å². The molecule has 0 saturated heterocycles. The molecular weight excluding hydrogens is 253 g/mol. The van der Waals surface area contributed by atoms with E-state index in [1.54, 1.807) is 0 Å². The van der Waals surface area contributed by atoms with Gasteiger partial charge in [-0.25, -0.2) is 9.18 Å². The third-order valence-corrected chi connectivity index (χ3v) is 4.55. The van der Waals surface area contributed by atoms with Gasteiger partial charge in [-0.15, -0.1) is 11.8 Å². The first-order valence-electron chi connectivity index (χ1n) is 6.07. The molecule has 1 fully saturated rings. The molecule has 0 atom stereocenters. The van der Waals surface area contributed by atoms with Crippen LogP contribution in [0.4, 0.5) is 10.1 Å². The Morgan fingerprint density at radius 3 is 2.61 bits per heavy atom. The Balaban J connectivity index is 2.21. The van der Waals surface area contributed by atoms with Crippen molar-refractivity contribution in [2.45, 2.75) is 42.2 Å². The van der Waals surface area contributed by atoms with Crippen molar-refractivity contribution in [3.63, 3.8) is 0 Å². The molecule has 2 rings (SSSR count). The summed E-state index contributed by atoms with van der Waals surface area (Å²) in [6, 6.07) is 2.46. The molecule has 3 N–H and O–H groups in total. The number of halogens is 1. The molecule has 0 aromatic heterocycles. The minimum absolute atomic E-state index is 0.0188. The first kappa shape index (κ1) is 13.2. The van der Waals surface area contributed by atoms with Crippen molar-refractivity contribution in [2.24, 2.45) is 0 Å². The average molecular weight is 269 g/mol. The van der Waals surface area contributed by atoms with Crippen molar-refractivity contribution < 1.29 is 14.3 Å². The molecule has 0 spiro atoms. The van der Waals surface area contributed by atoms with E-state index in [2.05, 4.69) is 0 Å². The predicted molar refractivity (Wildman–Crippen MR) is 70.5 cm³/mol. The van der Waals surface area contributed by atoms with Crippen molar-refractivity contribution in [2.75, 3.05) is 5.73 Å². The summed E-state index contributed by atoms with van der Waals surface area (Å²) in [5, 5.41) is 9.36. The van der Waals surface area contributed by atoms with Gasteiger partial charge in [-0.2, -0.15) is 0 Å². The van der Waals surface area contributed by atoms with Crippen LogP contribution in [0, 0.1) is 5.82 Å². The summed E-state index contributed by atoms with van der Waals surface area (Å²) < 4.78 is 13.8. The smallest absolute Gasteiger partial charge is 0.337 e. The van der Waals surface area contributed by atoms with Gasteiger partial charge in [0, 0.05) is 15.8 Å². The zero-order valence-electron chi connectivity index (χ0n) is 9.99. The lowest BCUT2D eigenvalue weighted by Gasteiger charge is -2.21. The van der Waals surface area contributed by atoms with Crippen molar-refractivity contribution in [3.05, 3.63) is 23.5 Å². The van der Waals surface area contributed by atoms with E-state index in [1.165, 1.54) is 37.1 Å². The fourth-order valence-electron chi connectivity index (χ4n) is 2.21. The van der Waals surface area contributed by atoms with E-state index in [0.29, 0.717) is 10.1 Å². The number of carbonyl (C=O) groups is 1. The summed E-state index contributed by atoms with van der Waals surface area (Å²) in [6.07, 6.45) is 5.70. The molecule has 0 amide bonds. The largest absolute Gasteiger partial charge is 0.478 e. The Bertz CT molecular complexity index is 459. The molecule has 0 unspecified atom stereocenters. The second-order valence-corrected chi connectivity index (χ2v) is 5.90. The second-order valence-electron chi connectivity index (χ2n) is 4.55. The van der Waals surface area contributed by atoms with Gasteiger partial charge >= 0.3 is 5.97 Å². The highest BCUT2D eigenvalue weighted by atomic mass is 32.2. The fourth-order valence-corrected chi connectivity index (χ4v) is 3.49. The van der Waals surface area contributed by atoms with Gasteiger partial charge in [-0.3, -0.25) is 0 Å². The average Bonchev–Trinajstić information content (AvgIpc) is 2.33. The monoisotopic (exact) mass is 269 g/mol. The van der Waals surface area contributed by atoms with E-state index >= 15 is 0 Å².